The van der Waals surface area contributed by atoms with Crippen molar-refractivity contribution >= 4 is 28.4 Å². The highest BCUT2D eigenvalue weighted by Gasteiger charge is 2.32. The summed E-state index contributed by atoms with van der Waals surface area (Å²) in [5.74, 6) is -0.964. The molecule has 12 heteroatoms. The second-order valence-electron chi connectivity index (χ2n) is 8.61. The van der Waals surface area contributed by atoms with E-state index < -0.39 is 24.2 Å². The number of alkyl halides is 3. The number of ketones is 1. The van der Waals surface area contributed by atoms with Gasteiger partial charge in [0.05, 0.1) is 29.2 Å². The molecule has 0 aliphatic heterocycles. The number of carbonyl (C=O) groups excluding carboxylic acids is 2. The van der Waals surface area contributed by atoms with Crippen LogP contribution in [0.25, 0.3) is 11.0 Å². The van der Waals surface area contributed by atoms with Gasteiger partial charge in [-0.05, 0) is 26.8 Å². The van der Waals surface area contributed by atoms with Gasteiger partial charge in [0.1, 0.15) is 18.5 Å². The number of carbonyl (C=O) groups is 2. The number of halogens is 3. The molecule has 4 aromatic rings. The van der Waals surface area contributed by atoms with Crippen LogP contribution in [0.3, 0.4) is 0 Å². The standard InChI is InChI=1S/C22H20F3N7O2/c1-21(2,3)32-10-17(16-8-27-12-28-20(16)32)19(34)13-4-15(7-26-5-13)30-18(33)11-31-9-14(6-29-31)22(23,24)25/h4-10,12H,11H2,1-3H3,(H,30,33). The molecule has 0 aliphatic carbocycles. The summed E-state index contributed by atoms with van der Waals surface area (Å²) in [7, 11) is 0. The maximum Gasteiger partial charge on any atom is 0.419 e. The molecular weight excluding hydrogens is 451 g/mol. The molecule has 176 valence electrons. The number of nitrogens with zero attached hydrogens (tertiary/aromatic N) is 6. The first kappa shape index (κ1) is 23.1. The van der Waals surface area contributed by atoms with Crippen LogP contribution in [0.1, 0.15) is 42.3 Å². The second kappa shape index (κ2) is 8.36. The van der Waals surface area contributed by atoms with E-state index in [1.807, 2.05) is 25.3 Å². The lowest BCUT2D eigenvalue weighted by atomic mass is 10.1. The molecule has 9 nitrogen and oxygen atoms in total. The number of amides is 1. The molecule has 1 N–H and O–H groups in total. The Hall–Kier alpha value is -4.09. The topological polar surface area (TPSA) is 108 Å². The van der Waals surface area contributed by atoms with Crippen LogP contribution in [0.5, 0.6) is 0 Å². The lowest BCUT2D eigenvalue weighted by molar-refractivity contribution is -0.137. The maximum atomic E-state index is 13.3. The van der Waals surface area contributed by atoms with Crippen LogP contribution in [-0.2, 0) is 23.1 Å². The van der Waals surface area contributed by atoms with Crippen molar-refractivity contribution in [3.8, 4) is 0 Å². The summed E-state index contributed by atoms with van der Waals surface area (Å²) in [5.41, 5.74) is 0.140. The number of rotatable bonds is 5. The summed E-state index contributed by atoms with van der Waals surface area (Å²) in [6, 6.07) is 1.45. The van der Waals surface area contributed by atoms with Crippen LogP contribution in [-0.4, -0.2) is 41.0 Å². The highest BCUT2D eigenvalue weighted by molar-refractivity contribution is 6.16. The summed E-state index contributed by atoms with van der Waals surface area (Å²) in [4.78, 5) is 37.9. The fourth-order valence-electron chi connectivity index (χ4n) is 3.39. The Kier molecular flexibility index (Phi) is 5.67. The largest absolute Gasteiger partial charge is 0.419 e. The lowest BCUT2D eigenvalue weighted by Gasteiger charge is -2.21. The fourth-order valence-corrected chi connectivity index (χ4v) is 3.39. The third kappa shape index (κ3) is 4.65. The monoisotopic (exact) mass is 471 g/mol. The average Bonchev–Trinajstić information content (AvgIpc) is 3.38. The smallest absolute Gasteiger partial charge is 0.326 e. The molecule has 0 fully saturated rings. The molecule has 4 aromatic heterocycles. The van der Waals surface area contributed by atoms with Gasteiger partial charge in [-0.25, -0.2) is 9.97 Å². The molecule has 1 amide bonds. The number of pyridine rings is 1. The van der Waals surface area contributed by atoms with E-state index in [4.69, 9.17) is 0 Å². The van der Waals surface area contributed by atoms with Crippen molar-refractivity contribution in [2.24, 2.45) is 0 Å². The number of anilines is 1. The van der Waals surface area contributed by atoms with Gasteiger partial charge in [0, 0.05) is 41.3 Å². The van der Waals surface area contributed by atoms with Gasteiger partial charge in [0.15, 0.2) is 5.78 Å². The van der Waals surface area contributed by atoms with Gasteiger partial charge in [0.2, 0.25) is 5.91 Å². The van der Waals surface area contributed by atoms with Crippen molar-refractivity contribution in [1.29, 1.82) is 0 Å². The van der Waals surface area contributed by atoms with E-state index in [9.17, 15) is 22.8 Å². The van der Waals surface area contributed by atoms with E-state index in [1.54, 1.807) is 12.4 Å². The van der Waals surface area contributed by atoms with Crippen molar-refractivity contribution in [3.63, 3.8) is 0 Å². The molecule has 0 unspecified atom stereocenters. The first-order chi connectivity index (χ1) is 15.9. The molecule has 0 aromatic carbocycles. The van der Waals surface area contributed by atoms with Crippen molar-refractivity contribution in [1.82, 2.24) is 29.3 Å². The van der Waals surface area contributed by atoms with Crippen LogP contribution >= 0.6 is 0 Å². The summed E-state index contributed by atoms with van der Waals surface area (Å²) < 4.78 is 40.9. The number of fused-ring (bicyclic) bond motifs is 1. The van der Waals surface area contributed by atoms with E-state index in [2.05, 4.69) is 25.4 Å². The highest BCUT2D eigenvalue weighted by Crippen LogP contribution is 2.29. The number of hydrogen-bond acceptors (Lipinski definition) is 6. The fraction of sp³-hybridized carbons (Fsp3) is 0.273. The third-order valence-electron chi connectivity index (χ3n) is 4.99. The minimum absolute atomic E-state index is 0.216. The molecular formula is C22H20F3N7O2. The number of hydrogen-bond donors (Lipinski definition) is 1. The second-order valence-corrected chi connectivity index (χ2v) is 8.61. The molecule has 34 heavy (non-hydrogen) atoms. The zero-order valence-electron chi connectivity index (χ0n) is 18.5. The SMILES string of the molecule is CC(C)(C)n1cc(C(=O)c2cncc(NC(=O)Cn3cc(C(F)(F)F)cn3)c2)c2cncnc21. The molecule has 0 radical (unpaired) electrons. The van der Waals surface area contributed by atoms with Crippen LogP contribution < -0.4 is 5.32 Å². The lowest BCUT2D eigenvalue weighted by Crippen LogP contribution is -2.21. The van der Waals surface area contributed by atoms with Crippen LogP contribution in [0.4, 0.5) is 18.9 Å². The van der Waals surface area contributed by atoms with E-state index in [-0.39, 0.29) is 22.6 Å². The first-order valence-corrected chi connectivity index (χ1v) is 10.1. The molecule has 4 rings (SSSR count). The Morgan fingerprint density at radius 3 is 2.47 bits per heavy atom. The minimum Gasteiger partial charge on any atom is -0.326 e. The number of nitrogens with one attached hydrogen (secondary N) is 1. The van der Waals surface area contributed by atoms with Crippen molar-refractivity contribution < 1.29 is 22.8 Å². The van der Waals surface area contributed by atoms with Gasteiger partial charge in [0.25, 0.3) is 0 Å². The van der Waals surface area contributed by atoms with Crippen LogP contribution in [0.15, 0.2) is 49.6 Å². The Morgan fingerprint density at radius 1 is 1.03 bits per heavy atom. The molecule has 0 bridgehead atoms. The van der Waals surface area contributed by atoms with Crippen LogP contribution in [0.2, 0.25) is 0 Å². The van der Waals surface area contributed by atoms with Gasteiger partial charge >= 0.3 is 6.18 Å². The Bertz CT molecular complexity index is 1380. The molecule has 0 aliphatic rings. The zero-order chi connectivity index (χ0) is 24.7. The molecule has 0 saturated heterocycles. The van der Waals surface area contributed by atoms with Gasteiger partial charge in [-0.1, -0.05) is 0 Å². The van der Waals surface area contributed by atoms with E-state index in [0.717, 1.165) is 10.9 Å². The summed E-state index contributed by atoms with van der Waals surface area (Å²) in [6.45, 7) is 5.51. The molecule has 0 atom stereocenters. The van der Waals surface area contributed by atoms with Crippen molar-refractivity contribution in [2.45, 2.75) is 39.0 Å². The minimum atomic E-state index is -4.55. The Balaban J connectivity index is 1.56. The predicted octanol–water partition coefficient (Wildman–Crippen LogP) is 3.67. The molecule has 4 heterocycles. The quantitative estimate of drug-likeness (QED) is 0.445. The van der Waals surface area contributed by atoms with E-state index in [0.29, 0.717) is 22.8 Å². The summed E-state index contributed by atoms with van der Waals surface area (Å²) in [6.07, 6.45) is 4.23. The Morgan fingerprint density at radius 2 is 1.79 bits per heavy atom. The maximum absolute atomic E-state index is 13.3. The number of aromatic nitrogens is 6. The molecule has 0 spiro atoms. The highest BCUT2D eigenvalue weighted by atomic mass is 19.4. The van der Waals surface area contributed by atoms with E-state index >= 15 is 0 Å². The van der Waals surface area contributed by atoms with Gasteiger partial charge < -0.3 is 9.88 Å². The summed E-state index contributed by atoms with van der Waals surface area (Å²) in [5, 5.41) is 6.66. The van der Waals surface area contributed by atoms with Gasteiger partial charge in [-0.3, -0.25) is 19.3 Å². The van der Waals surface area contributed by atoms with Crippen molar-refractivity contribution in [3.05, 3.63) is 66.3 Å². The third-order valence-corrected chi connectivity index (χ3v) is 4.99. The predicted molar refractivity (Wildman–Crippen MR) is 116 cm³/mol. The van der Waals surface area contributed by atoms with Gasteiger partial charge in [-0.2, -0.15) is 18.3 Å². The molecule has 0 saturated carbocycles. The summed E-state index contributed by atoms with van der Waals surface area (Å²) >= 11 is 0. The normalized spacial score (nSPS) is 12.2. The first-order valence-electron chi connectivity index (χ1n) is 10.1. The van der Waals surface area contributed by atoms with Crippen molar-refractivity contribution in [2.75, 3.05) is 5.32 Å². The average molecular weight is 471 g/mol. The van der Waals surface area contributed by atoms with Gasteiger partial charge in [-0.15, -0.1) is 0 Å². The Labute approximate surface area is 191 Å². The zero-order valence-corrected chi connectivity index (χ0v) is 18.5. The van der Waals surface area contributed by atoms with E-state index in [1.165, 1.54) is 24.8 Å². The van der Waals surface area contributed by atoms with Crippen LogP contribution in [0, 0.1) is 0 Å².